The molecule has 3 aromatic rings. The van der Waals surface area contributed by atoms with Crippen LogP contribution >= 0.6 is 0 Å². The van der Waals surface area contributed by atoms with Gasteiger partial charge in [-0.15, -0.1) is 0 Å². The summed E-state index contributed by atoms with van der Waals surface area (Å²) < 4.78 is 7.48. The zero-order valence-corrected chi connectivity index (χ0v) is 9.65. The van der Waals surface area contributed by atoms with Gasteiger partial charge in [0.1, 0.15) is 11.3 Å². The first-order chi connectivity index (χ1) is 8.86. The first kappa shape index (κ1) is 10.7. The second-order valence-corrected chi connectivity index (χ2v) is 3.85. The Hall–Kier alpha value is -2.40. The molecule has 0 atom stereocenters. The highest BCUT2D eigenvalue weighted by atomic mass is 16.5. The summed E-state index contributed by atoms with van der Waals surface area (Å²) in [4.78, 5) is 4.22. The number of nitrogens with zero attached hydrogens (tertiary/aromatic N) is 3. The highest BCUT2D eigenvalue weighted by Crippen LogP contribution is 2.23. The summed E-state index contributed by atoms with van der Waals surface area (Å²) in [6.07, 6.45) is 5.14. The third kappa shape index (κ3) is 1.91. The normalized spacial score (nSPS) is 10.7. The molecular weight excluding hydrogens is 228 g/mol. The Kier molecular flexibility index (Phi) is 2.66. The molecule has 0 radical (unpaired) electrons. The van der Waals surface area contributed by atoms with Gasteiger partial charge in [-0.05, 0) is 23.8 Å². The number of benzene rings is 1. The first-order valence-corrected chi connectivity index (χ1v) is 5.62. The maximum atomic E-state index is 5.76. The van der Waals surface area contributed by atoms with E-state index in [2.05, 4.69) is 10.1 Å². The quantitative estimate of drug-likeness (QED) is 0.760. The molecule has 0 saturated carbocycles. The van der Waals surface area contributed by atoms with Crippen LogP contribution < -0.4 is 10.5 Å². The molecule has 5 heteroatoms. The lowest BCUT2D eigenvalue weighted by Gasteiger charge is -2.07. The number of ether oxygens (including phenoxy) is 1. The molecule has 0 amide bonds. The van der Waals surface area contributed by atoms with Crippen molar-refractivity contribution in [2.24, 2.45) is 5.73 Å². The number of nitrogens with two attached hydrogens (primary N) is 1. The van der Waals surface area contributed by atoms with Gasteiger partial charge in [0.05, 0.1) is 6.20 Å². The Labute approximate surface area is 104 Å². The van der Waals surface area contributed by atoms with Crippen LogP contribution in [0.25, 0.3) is 5.52 Å². The minimum Gasteiger partial charge on any atom is -0.437 e. The molecule has 0 saturated heterocycles. The molecule has 2 N–H and O–H groups in total. The van der Waals surface area contributed by atoms with Gasteiger partial charge in [-0.1, -0.05) is 12.1 Å². The van der Waals surface area contributed by atoms with Crippen molar-refractivity contribution < 1.29 is 4.74 Å². The molecule has 2 heterocycles. The number of rotatable bonds is 3. The van der Waals surface area contributed by atoms with Crippen LogP contribution in [0.3, 0.4) is 0 Å². The largest absolute Gasteiger partial charge is 0.437 e. The molecule has 0 spiro atoms. The van der Waals surface area contributed by atoms with E-state index >= 15 is 0 Å². The van der Waals surface area contributed by atoms with Crippen molar-refractivity contribution in [3.63, 3.8) is 0 Å². The standard InChI is InChI=1S/C13H12N4O/c14-9-10-2-1-3-11(8-10)18-13-12-4-5-16-17(12)7-6-15-13/h1-8H,9,14H2. The average Bonchev–Trinajstić information content (AvgIpc) is 2.88. The van der Waals surface area contributed by atoms with E-state index in [4.69, 9.17) is 10.5 Å². The van der Waals surface area contributed by atoms with Crippen LogP contribution in [0.4, 0.5) is 0 Å². The Bertz CT molecular complexity index is 677. The van der Waals surface area contributed by atoms with E-state index < -0.39 is 0 Å². The average molecular weight is 240 g/mol. The molecule has 3 rings (SSSR count). The molecule has 1 aromatic carbocycles. The molecular formula is C13H12N4O. The van der Waals surface area contributed by atoms with Gasteiger partial charge >= 0.3 is 0 Å². The summed E-state index contributed by atoms with van der Waals surface area (Å²) in [5.74, 6) is 1.25. The van der Waals surface area contributed by atoms with Gasteiger partial charge in [-0.2, -0.15) is 5.10 Å². The summed E-state index contributed by atoms with van der Waals surface area (Å²) in [5.41, 5.74) is 7.45. The molecule has 0 fully saturated rings. The van der Waals surface area contributed by atoms with Gasteiger partial charge in [-0.3, -0.25) is 0 Å². The fourth-order valence-electron chi connectivity index (χ4n) is 1.76. The Morgan fingerprint density at radius 3 is 3.06 bits per heavy atom. The van der Waals surface area contributed by atoms with Crippen molar-refractivity contribution in [2.45, 2.75) is 6.54 Å². The van der Waals surface area contributed by atoms with E-state index in [1.165, 1.54) is 0 Å². The highest BCUT2D eigenvalue weighted by molar-refractivity contribution is 5.56. The highest BCUT2D eigenvalue weighted by Gasteiger charge is 2.05. The van der Waals surface area contributed by atoms with Crippen LogP contribution in [0.1, 0.15) is 5.56 Å². The summed E-state index contributed by atoms with van der Waals surface area (Å²) in [6.45, 7) is 0.488. The second-order valence-electron chi connectivity index (χ2n) is 3.85. The monoisotopic (exact) mass is 240 g/mol. The lowest BCUT2D eigenvalue weighted by atomic mass is 10.2. The smallest absolute Gasteiger partial charge is 0.245 e. The fourth-order valence-corrected chi connectivity index (χ4v) is 1.76. The molecule has 18 heavy (non-hydrogen) atoms. The van der Waals surface area contributed by atoms with Crippen LogP contribution in [-0.2, 0) is 6.54 Å². The molecule has 0 aliphatic carbocycles. The Morgan fingerprint density at radius 2 is 2.17 bits per heavy atom. The molecule has 0 aliphatic heterocycles. The van der Waals surface area contributed by atoms with Gasteiger partial charge in [0.25, 0.3) is 0 Å². The van der Waals surface area contributed by atoms with Gasteiger partial charge in [0.2, 0.25) is 5.88 Å². The number of aromatic nitrogens is 3. The predicted octanol–water partition coefficient (Wildman–Crippen LogP) is 1.98. The third-order valence-electron chi connectivity index (χ3n) is 2.64. The van der Waals surface area contributed by atoms with Crippen molar-refractivity contribution in [3.8, 4) is 11.6 Å². The molecule has 2 aromatic heterocycles. The number of hydrogen-bond acceptors (Lipinski definition) is 4. The molecule has 0 unspecified atom stereocenters. The van der Waals surface area contributed by atoms with E-state index in [9.17, 15) is 0 Å². The summed E-state index contributed by atoms with van der Waals surface area (Å²) in [6, 6.07) is 9.51. The van der Waals surface area contributed by atoms with Crippen LogP contribution in [-0.4, -0.2) is 14.6 Å². The van der Waals surface area contributed by atoms with E-state index in [1.54, 1.807) is 23.1 Å². The zero-order chi connectivity index (χ0) is 12.4. The third-order valence-corrected chi connectivity index (χ3v) is 2.64. The topological polar surface area (TPSA) is 65.4 Å². The van der Waals surface area contributed by atoms with Gasteiger partial charge in [0, 0.05) is 18.9 Å². The van der Waals surface area contributed by atoms with Crippen molar-refractivity contribution in [2.75, 3.05) is 0 Å². The minimum absolute atomic E-state index is 0.488. The number of fused-ring (bicyclic) bond motifs is 1. The molecule has 0 bridgehead atoms. The second kappa shape index (κ2) is 4.46. The lowest BCUT2D eigenvalue weighted by molar-refractivity contribution is 0.465. The van der Waals surface area contributed by atoms with Gasteiger partial charge in [0.15, 0.2) is 0 Å². The van der Waals surface area contributed by atoms with Crippen molar-refractivity contribution >= 4 is 5.52 Å². The van der Waals surface area contributed by atoms with Crippen LogP contribution in [0.5, 0.6) is 11.6 Å². The van der Waals surface area contributed by atoms with Crippen molar-refractivity contribution in [1.29, 1.82) is 0 Å². The Balaban J connectivity index is 1.98. The maximum Gasteiger partial charge on any atom is 0.245 e. The van der Waals surface area contributed by atoms with Crippen molar-refractivity contribution in [1.82, 2.24) is 14.6 Å². The van der Waals surface area contributed by atoms with E-state index in [-0.39, 0.29) is 0 Å². The van der Waals surface area contributed by atoms with Gasteiger partial charge in [-0.25, -0.2) is 9.50 Å². The molecule has 5 nitrogen and oxygen atoms in total. The minimum atomic E-state index is 0.488. The van der Waals surface area contributed by atoms with E-state index in [0.29, 0.717) is 12.4 Å². The SMILES string of the molecule is NCc1cccc(Oc2nccn3nccc23)c1. The van der Waals surface area contributed by atoms with Crippen LogP contribution in [0.15, 0.2) is 48.9 Å². The van der Waals surface area contributed by atoms with Crippen LogP contribution in [0, 0.1) is 0 Å². The maximum absolute atomic E-state index is 5.76. The van der Waals surface area contributed by atoms with Crippen molar-refractivity contribution in [3.05, 3.63) is 54.5 Å². The van der Waals surface area contributed by atoms with E-state index in [1.807, 2.05) is 30.3 Å². The zero-order valence-electron chi connectivity index (χ0n) is 9.65. The number of hydrogen-bond donors (Lipinski definition) is 1. The molecule has 90 valence electrons. The molecule has 0 aliphatic rings. The predicted molar refractivity (Wildman–Crippen MR) is 67.4 cm³/mol. The summed E-state index contributed by atoms with van der Waals surface area (Å²) in [7, 11) is 0. The lowest BCUT2D eigenvalue weighted by Crippen LogP contribution is -1.97. The fraction of sp³-hybridized carbons (Fsp3) is 0.0769. The van der Waals surface area contributed by atoms with Gasteiger partial charge < -0.3 is 10.5 Å². The first-order valence-electron chi connectivity index (χ1n) is 5.62. The summed E-state index contributed by atoms with van der Waals surface area (Å²) in [5, 5.41) is 4.13. The van der Waals surface area contributed by atoms with Crippen LogP contribution in [0.2, 0.25) is 0 Å². The van der Waals surface area contributed by atoms with E-state index in [0.717, 1.165) is 16.8 Å². The Morgan fingerprint density at radius 1 is 1.22 bits per heavy atom. The summed E-state index contributed by atoms with van der Waals surface area (Å²) >= 11 is 0.